The molecule has 3 aromatic rings. The van der Waals surface area contributed by atoms with E-state index in [9.17, 15) is 14.9 Å². The zero-order valence-corrected chi connectivity index (χ0v) is 18.8. The largest absolute Gasteiger partial charge is 0.489 e. The summed E-state index contributed by atoms with van der Waals surface area (Å²) in [5.74, 6) is 0.432. The summed E-state index contributed by atoms with van der Waals surface area (Å²) in [4.78, 5) is 24.3. The van der Waals surface area contributed by atoms with Gasteiger partial charge in [0.1, 0.15) is 18.0 Å². The van der Waals surface area contributed by atoms with E-state index in [4.69, 9.17) is 9.47 Å². The van der Waals surface area contributed by atoms with Gasteiger partial charge in [-0.2, -0.15) is 0 Å². The van der Waals surface area contributed by atoms with Gasteiger partial charge in [0.15, 0.2) is 0 Å². The van der Waals surface area contributed by atoms with Gasteiger partial charge in [0.2, 0.25) is 0 Å². The normalized spacial score (nSPS) is 11.0. The molecule has 0 unspecified atom stereocenters. The maximum atomic E-state index is 11.9. The molecule has 0 aliphatic carbocycles. The molecule has 0 saturated carbocycles. The van der Waals surface area contributed by atoms with Crippen LogP contribution in [0.4, 0.5) is 16.2 Å². The third-order valence-electron chi connectivity index (χ3n) is 4.10. The van der Waals surface area contributed by atoms with Crippen molar-refractivity contribution >= 4 is 29.2 Å². The molecule has 3 rings (SSSR count). The maximum Gasteiger partial charge on any atom is 0.412 e. The number of nitro benzene ring substituents is 1. The quantitative estimate of drug-likeness (QED) is 0.318. The average Bonchev–Trinajstić information content (AvgIpc) is 2.73. The van der Waals surface area contributed by atoms with Gasteiger partial charge >= 0.3 is 6.09 Å². The van der Waals surface area contributed by atoms with Crippen LogP contribution >= 0.6 is 11.8 Å². The van der Waals surface area contributed by atoms with Crippen molar-refractivity contribution in [1.82, 2.24) is 0 Å². The van der Waals surface area contributed by atoms with E-state index >= 15 is 0 Å². The molecule has 0 bridgehead atoms. The maximum absolute atomic E-state index is 11.9. The zero-order chi connectivity index (χ0) is 23.1. The second-order valence-corrected chi connectivity index (χ2v) is 9.03. The Hall–Kier alpha value is -3.52. The van der Waals surface area contributed by atoms with Gasteiger partial charge < -0.3 is 9.47 Å². The molecule has 0 aromatic heterocycles. The van der Waals surface area contributed by atoms with E-state index in [0.29, 0.717) is 22.9 Å². The van der Waals surface area contributed by atoms with Crippen LogP contribution in [0.5, 0.6) is 5.75 Å². The first-order chi connectivity index (χ1) is 15.2. The molecule has 7 nitrogen and oxygen atoms in total. The number of anilines is 1. The van der Waals surface area contributed by atoms with Gasteiger partial charge in [0, 0.05) is 10.6 Å². The highest BCUT2D eigenvalue weighted by molar-refractivity contribution is 7.99. The van der Waals surface area contributed by atoms with Gasteiger partial charge in [0.25, 0.3) is 5.69 Å². The van der Waals surface area contributed by atoms with Crippen LogP contribution in [-0.4, -0.2) is 16.6 Å². The summed E-state index contributed by atoms with van der Waals surface area (Å²) in [5, 5.41) is 14.3. The van der Waals surface area contributed by atoms with Gasteiger partial charge in [-0.05, 0) is 62.7 Å². The van der Waals surface area contributed by atoms with Crippen LogP contribution in [0.1, 0.15) is 26.3 Å². The Morgan fingerprint density at radius 1 is 1.03 bits per heavy atom. The average molecular weight is 453 g/mol. The SMILES string of the molecule is CC(C)(C)OC(=O)Nc1ccc(Sc2ccc(OCc3ccccc3)cc2[N+](=O)[O-])cc1. The standard InChI is InChI=1S/C24H24N2O5S/c1-24(2,3)31-23(27)25-18-9-12-20(13-10-18)32-22-14-11-19(15-21(22)26(28)29)30-16-17-7-5-4-6-8-17/h4-15H,16H2,1-3H3,(H,25,27). The number of ether oxygens (including phenoxy) is 2. The molecule has 0 aliphatic rings. The molecule has 1 N–H and O–H groups in total. The molecule has 0 spiro atoms. The zero-order valence-electron chi connectivity index (χ0n) is 18.0. The Bertz CT molecular complexity index is 1080. The van der Waals surface area contributed by atoms with Crippen LogP contribution in [0.25, 0.3) is 0 Å². The highest BCUT2D eigenvalue weighted by Crippen LogP contribution is 2.37. The molecule has 0 atom stereocenters. The van der Waals surface area contributed by atoms with Crippen LogP contribution in [0.15, 0.2) is 82.6 Å². The van der Waals surface area contributed by atoms with Crippen molar-refractivity contribution < 1.29 is 19.2 Å². The number of nitrogens with one attached hydrogen (secondary N) is 1. The van der Waals surface area contributed by atoms with Crippen molar-refractivity contribution in [2.45, 2.75) is 42.8 Å². The van der Waals surface area contributed by atoms with Crippen molar-refractivity contribution in [3.63, 3.8) is 0 Å². The third kappa shape index (κ3) is 7.02. The number of hydrogen-bond donors (Lipinski definition) is 1. The number of hydrogen-bond acceptors (Lipinski definition) is 6. The second kappa shape index (κ2) is 10.2. The van der Waals surface area contributed by atoms with Gasteiger partial charge in [-0.15, -0.1) is 0 Å². The monoisotopic (exact) mass is 452 g/mol. The fourth-order valence-electron chi connectivity index (χ4n) is 2.71. The Labute approximate surface area is 190 Å². The number of carbonyl (C=O) groups is 1. The summed E-state index contributed by atoms with van der Waals surface area (Å²) >= 11 is 1.26. The van der Waals surface area contributed by atoms with Crippen molar-refractivity contribution in [3.8, 4) is 5.75 Å². The van der Waals surface area contributed by atoms with Gasteiger partial charge in [-0.1, -0.05) is 42.1 Å². The first-order valence-electron chi connectivity index (χ1n) is 9.93. The lowest BCUT2D eigenvalue weighted by Crippen LogP contribution is -2.27. The van der Waals surface area contributed by atoms with E-state index in [2.05, 4.69) is 5.32 Å². The fourth-order valence-corrected chi connectivity index (χ4v) is 3.61. The molecule has 0 aliphatic heterocycles. The first kappa shape index (κ1) is 23.1. The minimum absolute atomic E-state index is 0.0310. The second-order valence-electron chi connectivity index (χ2n) is 7.91. The Balaban J connectivity index is 1.67. The number of nitrogens with zero attached hydrogens (tertiary/aromatic N) is 1. The minimum Gasteiger partial charge on any atom is -0.489 e. The highest BCUT2D eigenvalue weighted by atomic mass is 32.2. The van der Waals surface area contributed by atoms with Crippen LogP contribution in [0.3, 0.4) is 0 Å². The summed E-state index contributed by atoms with van der Waals surface area (Å²) in [6, 6.07) is 21.4. The van der Waals surface area contributed by atoms with Crippen LogP contribution in [0.2, 0.25) is 0 Å². The predicted octanol–water partition coefficient (Wildman–Crippen LogP) is 6.67. The molecule has 0 radical (unpaired) electrons. The smallest absolute Gasteiger partial charge is 0.412 e. The first-order valence-corrected chi connectivity index (χ1v) is 10.7. The lowest BCUT2D eigenvalue weighted by Gasteiger charge is -2.19. The third-order valence-corrected chi connectivity index (χ3v) is 5.18. The lowest BCUT2D eigenvalue weighted by atomic mass is 10.2. The van der Waals surface area contributed by atoms with Crippen molar-refractivity contribution in [1.29, 1.82) is 0 Å². The topological polar surface area (TPSA) is 90.7 Å². The van der Waals surface area contributed by atoms with E-state index in [-0.39, 0.29) is 5.69 Å². The van der Waals surface area contributed by atoms with E-state index in [0.717, 1.165) is 10.5 Å². The summed E-state index contributed by atoms with van der Waals surface area (Å²) in [6.45, 7) is 5.70. The number of rotatable bonds is 7. The predicted molar refractivity (Wildman–Crippen MR) is 124 cm³/mol. The summed E-state index contributed by atoms with van der Waals surface area (Å²) in [5.41, 5.74) is 0.934. The lowest BCUT2D eigenvalue weighted by molar-refractivity contribution is -0.387. The Morgan fingerprint density at radius 2 is 1.72 bits per heavy atom. The van der Waals surface area contributed by atoms with E-state index < -0.39 is 16.6 Å². The summed E-state index contributed by atoms with van der Waals surface area (Å²) < 4.78 is 10.9. The number of nitro groups is 1. The van der Waals surface area contributed by atoms with Crippen molar-refractivity contribution in [2.75, 3.05) is 5.32 Å². The van der Waals surface area contributed by atoms with E-state index in [1.807, 2.05) is 30.3 Å². The van der Waals surface area contributed by atoms with Crippen LogP contribution in [-0.2, 0) is 11.3 Å². The molecule has 8 heteroatoms. The van der Waals surface area contributed by atoms with Crippen molar-refractivity contribution in [3.05, 3.63) is 88.5 Å². The fraction of sp³-hybridized carbons (Fsp3) is 0.208. The van der Waals surface area contributed by atoms with Gasteiger partial charge in [-0.3, -0.25) is 15.4 Å². The Kier molecular flexibility index (Phi) is 7.37. The van der Waals surface area contributed by atoms with Gasteiger partial charge in [0.05, 0.1) is 15.9 Å². The molecule has 3 aromatic carbocycles. The summed E-state index contributed by atoms with van der Waals surface area (Å²) in [7, 11) is 0. The van der Waals surface area contributed by atoms with E-state index in [1.165, 1.54) is 17.8 Å². The minimum atomic E-state index is -0.588. The van der Waals surface area contributed by atoms with Crippen LogP contribution in [0, 0.1) is 10.1 Å². The van der Waals surface area contributed by atoms with Crippen molar-refractivity contribution in [2.24, 2.45) is 0 Å². The molecular formula is C24H24N2O5S. The molecule has 0 fully saturated rings. The molecule has 166 valence electrons. The van der Waals surface area contributed by atoms with Crippen LogP contribution < -0.4 is 10.1 Å². The Morgan fingerprint density at radius 3 is 2.34 bits per heavy atom. The number of benzene rings is 3. The molecule has 32 heavy (non-hydrogen) atoms. The molecule has 0 saturated heterocycles. The molecule has 1 amide bonds. The molecule has 0 heterocycles. The highest BCUT2D eigenvalue weighted by Gasteiger charge is 2.18. The number of amides is 1. The van der Waals surface area contributed by atoms with E-state index in [1.54, 1.807) is 57.2 Å². The number of carbonyl (C=O) groups excluding carboxylic acids is 1. The van der Waals surface area contributed by atoms with Gasteiger partial charge in [-0.25, -0.2) is 4.79 Å². The molecular weight excluding hydrogens is 428 g/mol. The summed E-state index contributed by atoms with van der Waals surface area (Å²) in [6.07, 6.45) is -0.542.